The zero-order valence-electron chi connectivity index (χ0n) is 17.0. The predicted octanol–water partition coefficient (Wildman–Crippen LogP) is 3.44. The smallest absolute Gasteiger partial charge is 0.343 e. The van der Waals surface area contributed by atoms with Gasteiger partial charge in [0, 0.05) is 36.8 Å². The number of carbonyl (C=O) groups is 2. The molecule has 3 aliphatic rings. The SMILES string of the molecule is O=C(NCC(=O)N1CC[C@@H]2[C@H]1CCN2C1CCCCC1)c1cccc(C(F)(F)F)c1. The summed E-state index contributed by atoms with van der Waals surface area (Å²) in [7, 11) is 0. The minimum atomic E-state index is -4.51. The van der Waals surface area contributed by atoms with Crippen LogP contribution in [-0.2, 0) is 11.0 Å². The highest BCUT2D eigenvalue weighted by molar-refractivity contribution is 5.96. The average Bonchev–Trinajstić information content (AvgIpc) is 3.34. The van der Waals surface area contributed by atoms with Gasteiger partial charge in [-0.1, -0.05) is 25.3 Å². The minimum absolute atomic E-state index is 0.0961. The van der Waals surface area contributed by atoms with E-state index in [9.17, 15) is 22.8 Å². The summed E-state index contributed by atoms with van der Waals surface area (Å²) in [5, 5.41) is 2.50. The van der Waals surface area contributed by atoms with Crippen molar-refractivity contribution in [1.29, 1.82) is 0 Å². The fourth-order valence-electron chi connectivity index (χ4n) is 5.39. The van der Waals surface area contributed by atoms with Gasteiger partial charge in [0.15, 0.2) is 0 Å². The average molecular weight is 423 g/mol. The van der Waals surface area contributed by atoms with Crippen molar-refractivity contribution in [2.45, 2.75) is 69.2 Å². The van der Waals surface area contributed by atoms with Gasteiger partial charge >= 0.3 is 6.18 Å². The quantitative estimate of drug-likeness (QED) is 0.807. The highest BCUT2D eigenvalue weighted by Crippen LogP contribution is 2.36. The number of likely N-dealkylation sites (tertiary alicyclic amines) is 2. The third-order valence-corrected chi connectivity index (χ3v) is 6.84. The summed E-state index contributed by atoms with van der Waals surface area (Å²) in [6, 6.07) is 5.46. The summed E-state index contributed by atoms with van der Waals surface area (Å²) in [6.07, 6.45) is 3.75. The van der Waals surface area contributed by atoms with Gasteiger partial charge in [-0.15, -0.1) is 0 Å². The predicted molar refractivity (Wildman–Crippen MR) is 106 cm³/mol. The first-order chi connectivity index (χ1) is 14.3. The summed E-state index contributed by atoms with van der Waals surface area (Å²) in [5.74, 6) is -0.825. The van der Waals surface area contributed by atoms with Crippen molar-refractivity contribution in [2.75, 3.05) is 19.6 Å². The number of hydrogen-bond donors (Lipinski definition) is 1. The normalized spacial score (nSPS) is 25.4. The Morgan fingerprint density at radius 1 is 1.00 bits per heavy atom. The van der Waals surface area contributed by atoms with E-state index in [1.807, 2.05) is 4.90 Å². The van der Waals surface area contributed by atoms with Gasteiger partial charge < -0.3 is 10.2 Å². The second kappa shape index (κ2) is 8.57. The van der Waals surface area contributed by atoms with Crippen LogP contribution in [0.5, 0.6) is 0 Å². The molecule has 1 aromatic carbocycles. The minimum Gasteiger partial charge on any atom is -0.343 e. The van der Waals surface area contributed by atoms with Crippen LogP contribution in [0.4, 0.5) is 13.2 Å². The van der Waals surface area contributed by atoms with E-state index in [1.54, 1.807) is 0 Å². The highest BCUT2D eigenvalue weighted by Gasteiger charge is 2.46. The number of alkyl halides is 3. The lowest BCUT2D eigenvalue weighted by Gasteiger charge is -2.35. The van der Waals surface area contributed by atoms with Gasteiger partial charge in [-0.25, -0.2) is 0 Å². The molecule has 0 unspecified atom stereocenters. The molecule has 164 valence electrons. The second-order valence-corrected chi connectivity index (χ2v) is 8.59. The summed E-state index contributed by atoms with van der Waals surface area (Å²) in [5.41, 5.74) is -0.973. The molecule has 2 aliphatic heterocycles. The lowest BCUT2D eigenvalue weighted by molar-refractivity contribution is -0.137. The number of amides is 2. The van der Waals surface area contributed by atoms with Crippen molar-refractivity contribution < 1.29 is 22.8 Å². The molecule has 3 fully saturated rings. The molecule has 4 rings (SSSR count). The first kappa shape index (κ1) is 21.2. The number of carbonyl (C=O) groups excluding carboxylic acids is 2. The number of fused-ring (bicyclic) bond motifs is 1. The first-order valence-electron chi connectivity index (χ1n) is 10.9. The van der Waals surface area contributed by atoms with E-state index in [4.69, 9.17) is 0 Å². The molecule has 2 saturated heterocycles. The molecular weight excluding hydrogens is 395 g/mol. The van der Waals surface area contributed by atoms with E-state index >= 15 is 0 Å². The van der Waals surface area contributed by atoms with E-state index in [0.717, 1.165) is 31.5 Å². The van der Waals surface area contributed by atoms with Crippen LogP contribution < -0.4 is 5.32 Å². The summed E-state index contributed by atoms with van der Waals surface area (Å²) in [6.45, 7) is 1.50. The molecule has 2 amide bonds. The van der Waals surface area contributed by atoms with Crippen molar-refractivity contribution >= 4 is 11.8 Å². The molecule has 0 bridgehead atoms. The van der Waals surface area contributed by atoms with Crippen molar-refractivity contribution in [3.8, 4) is 0 Å². The molecule has 30 heavy (non-hydrogen) atoms. The molecule has 1 N–H and O–H groups in total. The Morgan fingerprint density at radius 2 is 1.73 bits per heavy atom. The van der Waals surface area contributed by atoms with Crippen molar-refractivity contribution in [3.63, 3.8) is 0 Å². The number of benzene rings is 1. The maximum absolute atomic E-state index is 12.8. The summed E-state index contributed by atoms with van der Waals surface area (Å²) in [4.78, 5) is 29.5. The fraction of sp³-hybridized carbons (Fsp3) is 0.636. The number of hydrogen-bond acceptors (Lipinski definition) is 3. The van der Waals surface area contributed by atoms with Crippen LogP contribution in [0.3, 0.4) is 0 Å². The lowest BCUT2D eigenvalue weighted by atomic mass is 9.93. The highest BCUT2D eigenvalue weighted by atomic mass is 19.4. The largest absolute Gasteiger partial charge is 0.416 e. The lowest BCUT2D eigenvalue weighted by Crippen LogP contribution is -2.46. The Labute approximate surface area is 174 Å². The van der Waals surface area contributed by atoms with Crippen LogP contribution in [0.15, 0.2) is 24.3 Å². The maximum atomic E-state index is 12.8. The van der Waals surface area contributed by atoms with E-state index < -0.39 is 17.6 Å². The number of halogens is 3. The van der Waals surface area contributed by atoms with E-state index in [-0.39, 0.29) is 24.1 Å². The van der Waals surface area contributed by atoms with Crippen molar-refractivity contribution in [2.24, 2.45) is 0 Å². The Morgan fingerprint density at radius 3 is 2.47 bits per heavy atom. The van der Waals surface area contributed by atoms with Gasteiger partial charge in [-0.2, -0.15) is 13.2 Å². The number of nitrogens with one attached hydrogen (secondary N) is 1. The Bertz CT molecular complexity index is 792. The topological polar surface area (TPSA) is 52.7 Å². The van der Waals surface area contributed by atoms with Crippen LogP contribution >= 0.6 is 0 Å². The van der Waals surface area contributed by atoms with Crippen LogP contribution in [0.2, 0.25) is 0 Å². The molecule has 0 aromatic heterocycles. The monoisotopic (exact) mass is 423 g/mol. The molecular formula is C22H28F3N3O2. The summed E-state index contributed by atoms with van der Waals surface area (Å²) >= 11 is 0. The summed E-state index contributed by atoms with van der Waals surface area (Å²) < 4.78 is 38.5. The van der Waals surface area contributed by atoms with Crippen molar-refractivity contribution in [1.82, 2.24) is 15.1 Å². The number of nitrogens with zero attached hydrogens (tertiary/aromatic N) is 2. The molecule has 0 spiro atoms. The van der Waals surface area contributed by atoms with Crippen LogP contribution in [0.1, 0.15) is 60.9 Å². The van der Waals surface area contributed by atoms with Crippen LogP contribution in [0, 0.1) is 0 Å². The zero-order valence-corrected chi connectivity index (χ0v) is 17.0. The fourth-order valence-corrected chi connectivity index (χ4v) is 5.39. The third-order valence-electron chi connectivity index (χ3n) is 6.84. The van der Waals surface area contributed by atoms with Gasteiger partial charge in [-0.05, 0) is 43.9 Å². The zero-order chi connectivity index (χ0) is 21.3. The Hall–Kier alpha value is -2.09. The van der Waals surface area contributed by atoms with Gasteiger partial charge in [0.2, 0.25) is 5.91 Å². The van der Waals surface area contributed by atoms with Crippen LogP contribution in [-0.4, -0.2) is 59.4 Å². The molecule has 0 radical (unpaired) electrons. The van der Waals surface area contributed by atoms with Crippen LogP contribution in [0.25, 0.3) is 0 Å². The van der Waals surface area contributed by atoms with Crippen molar-refractivity contribution in [3.05, 3.63) is 35.4 Å². The molecule has 2 heterocycles. The first-order valence-corrected chi connectivity index (χ1v) is 10.9. The van der Waals surface area contributed by atoms with Gasteiger partial charge in [0.1, 0.15) is 0 Å². The number of rotatable bonds is 4. The van der Waals surface area contributed by atoms with Gasteiger partial charge in [-0.3, -0.25) is 14.5 Å². The molecule has 1 saturated carbocycles. The van der Waals surface area contributed by atoms with E-state index in [1.165, 1.54) is 44.2 Å². The Balaban J connectivity index is 1.32. The molecule has 1 aliphatic carbocycles. The molecule has 5 nitrogen and oxygen atoms in total. The third kappa shape index (κ3) is 4.33. The van der Waals surface area contributed by atoms with Gasteiger partial charge in [0.05, 0.1) is 12.1 Å². The molecule has 1 aromatic rings. The Kier molecular flexibility index (Phi) is 6.04. The molecule has 8 heteroatoms. The van der Waals surface area contributed by atoms with E-state index in [0.29, 0.717) is 18.6 Å². The maximum Gasteiger partial charge on any atom is 0.416 e. The van der Waals surface area contributed by atoms with E-state index in [2.05, 4.69) is 10.2 Å². The second-order valence-electron chi connectivity index (χ2n) is 8.59. The standard InChI is InChI=1S/C22H28F3N3O2/c23-22(24,25)16-6-4-5-15(13-16)21(30)26-14-20(29)28-12-10-18-19(28)9-11-27(18)17-7-2-1-3-8-17/h4-6,13,17-19H,1-3,7-12,14H2,(H,26,30)/t18-,19-/m1/s1. The van der Waals surface area contributed by atoms with Gasteiger partial charge in [0.25, 0.3) is 5.91 Å². The molecule has 2 atom stereocenters.